The van der Waals surface area contributed by atoms with Gasteiger partial charge in [-0.05, 0) is 30.3 Å². The summed E-state index contributed by atoms with van der Waals surface area (Å²) >= 11 is 1.30. The van der Waals surface area contributed by atoms with E-state index in [0.717, 1.165) is 14.7 Å². The minimum Gasteiger partial charge on any atom is -0.495 e. The fourth-order valence-electron chi connectivity index (χ4n) is 3.82. The van der Waals surface area contributed by atoms with Gasteiger partial charge in [0, 0.05) is 10.1 Å². The van der Waals surface area contributed by atoms with Gasteiger partial charge in [0.2, 0.25) is 5.91 Å². The van der Waals surface area contributed by atoms with Crippen molar-refractivity contribution in [1.82, 2.24) is 9.13 Å². The van der Waals surface area contributed by atoms with Gasteiger partial charge >= 0.3 is 5.69 Å². The molecule has 0 fully saturated rings. The molecule has 9 heteroatoms. The van der Waals surface area contributed by atoms with E-state index in [1.165, 1.54) is 29.3 Å². The van der Waals surface area contributed by atoms with Crippen molar-refractivity contribution in [2.75, 3.05) is 12.4 Å². The van der Waals surface area contributed by atoms with Crippen molar-refractivity contribution in [2.45, 2.75) is 13.1 Å². The van der Waals surface area contributed by atoms with Crippen LogP contribution in [0.15, 0.2) is 80.9 Å². The van der Waals surface area contributed by atoms with Crippen molar-refractivity contribution in [1.29, 1.82) is 0 Å². The van der Waals surface area contributed by atoms with Crippen molar-refractivity contribution in [3.63, 3.8) is 0 Å². The second kappa shape index (κ2) is 8.44. The zero-order valence-electron chi connectivity index (χ0n) is 17.6. The Morgan fingerprint density at radius 2 is 1.82 bits per heavy atom. The Balaban J connectivity index is 1.65. The number of fused-ring (bicyclic) bond motifs is 3. The number of hydrogen-bond acceptors (Lipinski definition) is 6. The Bertz CT molecular complexity index is 1590. The summed E-state index contributed by atoms with van der Waals surface area (Å²) in [7, 11) is 1.51. The molecule has 5 aromatic rings. The lowest BCUT2D eigenvalue weighted by Gasteiger charge is -2.13. The van der Waals surface area contributed by atoms with Gasteiger partial charge in [-0.3, -0.25) is 18.7 Å². The van der Waals surface area contributed by atoms with Gasteiger partial charge in [-0.25, -0.2) is 4.79 Å². The van der Waals surface area contributed by atoms with Crippen LogP contribution in [0.3, 0.4) is 0 Å². The molecule has 0 saturated heterocycles. The molecular weight excluding hydrogens is 442 g/mol. The number of methoxy groups -OCH3 is 1. The van der Waals surface area contributed by atoms with Crippen molar-refractivity contribution in [3.05, 3.63) is 93.5 Å². The maximum atomic E-state index is 13.5. The Hall–Kier alpha value is -4.11. The zero-order chi connectivity index (χ0) is 22.9. The van der Waals surface area contributed by atoms with E-state index in [1.54, 1.807) is 36.4 Å². The Labute approximate surface area is 191 Å². The van der Waals surface area contributed by atoms with Crippen LogP contribution in [0.4, 0.5) is 5.69 Å². The largest absolute Gasteiger partial charge is 0.495 e. The molecule has 1 amide bonds. The van der Waals surface area contributed by atoms with Crippen molar-refractivity contribution in [3.8, 4) is 5.75 Å². The predicted molar refractivity (Wildman–Crippen MR) is 127 cm³/mol. The molecule has 0 unspecified atom stereocenters. The number of nitrogens with one attached hydrogen (secondary N) is 1. The number of amides is 1. The minimum absolute atomic E-state index is 0.0248. The number of furan rings is 1. The maximum Gasteiger partial charge on any atom is 0.332 e. The third kappa shape index (κ3) is 3.72. The molecule has 0 aliphatic rings. The van der Waals surface area contributed by atoms with E-state index in [9.17, 15) is 14.4 Å². The Kier molecular flexibility index (Phi) is 5.31. The van der Waals surface area contributed by atoms with Crippen molar-refractivity contribution < 1.29 is 13.9 Å². The molecule has 0 aliphatic heterocycles. The average molecular weight is 461 g/mol. The summed E-state index contributed by atoms with van der Waals surface area (Å²) in [6, 6.07) is 17.9. The molecule has 0 atom stereocenters. The summed E-state index contributed by atoms with van der Waals surface area (Å²) in [5, 5.41) is 3.55. The molecule has 3 aromatic heterocycles. The number of anilines is 1. The number of carbonyl (C=O) groups excluding carboxylic acids is 1. The Morgan fingerprint density at radius 3 is 2.61 bits per heavy atom. The van der Waals surface area contributed by atoms with E-state index in [2.05, 4.69) is 5.32 Å². The number of carbonyl (C=O) groups is 1. The molecule has 166 valence electrons. The minimum atomic E-state index is -0.581. The van der Waals surface area contributed by atoms with Crippen LogP contribution in [0.2, 0.25) is 0 Å². The zero-order valence-corrected chi connectivity index (χ0v) is 18.4. The molecule has 2 aromatic carbocycles. The summed E-state index contributed by atoms with van der Waals surface area (Å²) in [5.74, 6) is 0.563. The quantitative estimate of drug-likeness (QED) is 0.416. The number of hydrogen-bond donors (Lipinski definition) is 1. The number of thiophene rings is 1. The van der Waals surface area contributed by atoms with Gasteiger partial charge in [0.05, 0.1) is 31.1 Å². The van der Waals surface area contributed by atoms with Crippen LogP contribution < -0.4 is 21.3 Å². The topological polar surface area (TPSA) is 95.5 Å². The number of aromatic nitrogens is 2. The van der Waals surface area contributed by atoms with Gasteiger partial charge < -0.3 is 14.5 Å². The van der Waals surface area contributed by atoms with E-state index < -0.39 is 17.2 Å². The molecule has 0 bridgehead atoms. The lowest BCUT2D eigenvalue weighted by molar-refractivity contribution is -0.116. The van der Waals surface area contributed by atoms with Crippen LogP contribution in [-0.4, -0.2) is 22.2 Å². The SMILES string of the molecule is COc1ccccc1NC(=O)Cn1c(=O)n(Cc2ccco2)c(=O)c2sc3ccccc3c21. The lowest BCUT2D eigenvalue weighted by Crippen LogP contribution is -2.41. The van der Waals surface area contributed by atoms with E-state index in [1.807, 2.05) is 24.3 Å². The predicted octanol–water partition coefficient (Wildman–Crippen LogP) is 3.67. The van der Waals surface area contributed by atoms with E-state index in [0.29, 0.717) is 27.4 Å². The van der Waals surface area contributed by atoms with Crippen LogP contribution in [0, 0.1) is 0 Å². The van der Waals surface area contributed by atoms with E-state index in [4.69, 9.17) is 9.15 Å². The van der Waals surface area contributed by atoms with Gasteiger partial charge in [-0.15, -0.1) is 11.3 Å². The molecule has 0 spiro atoms. The molecule has 0 radical (unpaired) electrons. The molecule has 5 rings (SSSR count). The number of benzene rings is 2. The summed E-state index contributed by atoms with van der Waals surface area (Å²) < 4.78 is 14.4. The molecule has 0 saturated carbocycles. The normalized spacial score (nSPS) is 11.2. The van der Waals surface area contributed by atoms with Crippen LogP contribution in [0.25, 0.3) is 20.3 Å². The smallest absolute Gasteiger partial charge is 0.332 e. The summed E-state index contributed by atoms with van der Waals surface area (Å²) in [6.45, 7) is -0.296. The third-order valence-corrected chi connectivity index (χ3v) is 6.47. The molecule has 8 nitrogen and oxygen atoms in total. The first-order valence-corrected chi connectivity index (χ1v) is 11.0. The van der Waals surface area contributed by atoms with E-state index in [-0.39, 0.29) is 13.1 Å². The van der Waals surface area contributed by atoms with Crippen molar-refractivity contribution in [2.24, 2.45) is 0 Å². The number of nitrogens with zero attached hydrogens (tertiary/aromatic N) is 2. The van der Waals surface area contributed by atoms with Crippen LogP contribution >= 0.6 is 11.3 Å². The average Bonchev–Trinajstić information content (AvgIpc) is 3.48. The molecule has 1 N–H and O–H groups in total. The molecule has 33 heavy (non-hydrogen) atoms. The molecular formula is C24H19N3O5S. The lowest BCUT2D eigenvalue weighted by atomic mass is 10.2. The van der Waals surface area contributed by atoms with Crippen LogP contribution in [0.1, 0.15) is 5.76 Å². The third-order valence-electron chi connectivity index (χ3n) is 5.32. The summed E-state index contributed by atoms with van der Waals surface area (Å²) in [5.41, 5.74) is -0.0403. The standard InChI is InChI=1S/C24H19N3O5S/c1-31-18-10-4-3-9-17(18)25-20(28)14-26-21-16-8-2-5-11-19(16)33-22(21)23(29)27(24(26)30)13-15-7-6-12-32-15/h2-12H,13-14H2,1H3,(H,25,28). The van der Waals surface area contributed by atoms with Gasteiger partial charge in [0.25, 0.3) is 5.56 Å². The first-order chi connectivity index (χ1) is 16.1. The maximum absolute atomic E-state index is 13.5. The molecule has 0 aliphatic carbocycles. The van der Waals surface area contributed by atoms with Gasteiger partial charge in [-0.1, -0.05) is 30.3 Å². The van der Waals surface area contributed by atoms with E-state index >= 15 is 0 Å². The number of para-hydroxylation sites is 2. The second-order valence-electron chi connectivity index (χ2n) is 7.36. The first kappa shape index (κ1) is 20.8. The second-order valence-corrected chi connectivity index (χ2v) is 8.42. The van der Waals surface area contributed by atoms with Gasteiger partial charge in [0.15, 0.2) is 0 Å². The number of ether oxygens (including phenoxy) is 1. The van der Waals surface area contributed by atoms with Gasteiger partial charge in [0.1, 0.15) is 22.8 Å². The fourth-order valence-corrected chi connectivity index (χ4v) is 4.98. The fraction of sp³-hybridized carbons (Fsp3) is 0.125. The molecule has 3 heterocycles. The highest BCUT2D eigenvalue weighted by Gasteiger charge is 2.21. The van der Waals surface area contributed by atoms with Gasteiger partial charge in [-0.2, -0.15) is 0 Å². The first-order valence-electron chi connectivity index (χ1n) is 10.2. The van der Waals surface area contributed by atoms with Crippen LogP contribution in [0.5, 0.6) is 5.75 Å². The monoisotopic (exact) mass is 461 g/mol. The summed E-state index contributed by atoms with van der Waals surface area (Å²) in [6.07, 6.45) is 1.48. The highest BCUT2D eigenvalue weighted by atomic mass is 32.1. The van der Waals surface area contributed by atoms with Crippen LogP contribution in [-0.2, 0) is 17.9 Å². The Morgan fingerprint density at radius 1 is 1.03 bits per heavy atom. The highest BCUT2D eigenvalue weighted by Crippen LogP contribution is 2.31. The summed E-state index contributed by atoms with van der Waals surface area (Å²) in [4.78, 5) is 39.7. The number of rotatable bonds is 6. The van der Waals surface area contributed by atoms with Crippen molar-refractivity contribution >= 4 is 43.2 Å². The highest BCUT2D eigenvalue weighted by molar-refractivity contribution is 7.25.